The highest BCUT2D eigenvalue weighted by Crippen LogP contribution is 2.42. The maximum absolute atomic E-state index is 16.6. The average molecular weight is 602 g/mol. The van der Waals surface area contributed by atoms with Crippen molar-refractivity contribution in [3.8, 4) is 0 Å². The zero-order valence-electron chi connectivity index (χ0n) is 25.0. The van der Waals surface area contributed by atoms with Crippen LogP contribution in [0.1, 0.15) is 61.6 Å². The third-order valence-corrected chi connectivity index (χ3v) is 6.34. The second-order valence-electron chi connectivity index (χ2n) is 11.3. The van der Waals surface area contributed by atoms with Crippen molar-refractivity contribution in [1.82, 2.24) is 9.13 Å². The summed E-state index contributed by atoms with van der Waals surface area (Å²) in [5.41, 5.74) is 3.74. The minimum atomic E-state index is -3.08. The molecule has 0 bridgehead atoms. The van der Waals surface area contributed by atoms with Crippen LogP contribution in [0.3, 0.4) is 0 Å². The molecule has 0 spiro atoms. The first-order valence-electron chi connectivity index (χ1n) is 13.6. The molecule has 1 saturated heterocycles. The topological polar surface area (TPSA) is 184 Å². The Bertz CT molecular complexity index is 1270. The van der Waals surface area contributed by atoms with Crippen molar-refractivity contribution in [3.63, 3.8) is 0 Å². The van der Waals surface area contributed by atoms with Gasteiger partial charge in [-0.3, -0.25) is 28.5 Å². The van der Waals surface area contributed by atoms with Crippen molar-refractivity contribution in [3.05, 3.63) is 33.1 Å². The number of nitrogens with zero attached hydrogens (tertiary/aromatic N) is 2. The first-order valence-corrected chi connectivity index (χ1v) is 13.6. The van der Waals surface area contributed by atoms with E-state index in [4.69, 9.17) is 29.4 Å². The summed E-state index contributed by atoms with van der Waals surface area (Å²) in [5, 5.41) is 0. The standard InChI is InChI=1S/C27H40FN3O11/c1-13(2)18(29)25(36)39-12-31-17(32)9-10-30(26(31)37)21-19(40-23(34)15(5)6)20(41-24(35)16(7)8)27(28,42-21)11-38-22(33)14(3)4/h9-10,13-16,18-21H,11-12,29H2,1-8H3/t18-,19+,20-,21+,27+/m0/s1. The molecule has 0 amide bonds. The zero-order valence-corrected chi connectivity index (χ0v) is 25.0. The van der Waals surface area contributed by atoms with Gasteiger partial charge in [-0.15, -0.1) is 0 Å². The van der Waals surface area contributed by atoms with Crippen LogP contribution >= 0.6 is 0 Å². The zero-order chi connectivity index (χ0) is 32.1. The van der Waals surface area contributed by atoms with E-state index in [9.17, 15) is 28.8 Å². The van der Waals surface area contributed by atoms with Crippen LogP contribution in [0.2, 0.25) is 0 Å². The molecule has 42 heavy (non-hydrogen) atoms. The van der Waals surface area contributed by atoms with Crippen LogP contribution in [0.5, 0.6) is 0 Å². The van der Waals surface area contributed by atoms with Crippen molar-refractivity contribution >= 4 is 23.9 Å². The molecule has 1 aliphatic heterocycles. The highest BCUT2D eigenvalue weighted by Gasteiger charge is 2.62. The number of carbonyl (C=O) groups is 4. The minimum absolute atomic E-state index is 0.294. The van der Waals surface area contributed by atoms with E-state index in [0.717, 1.165) is 16.8 Å². The van der Waals surface area contributed by atoms with Gasteiger partial charge in [0.05, 0.1) is 17.8 Å². The summed E-state index contributed by atoms with van der Waals surface area (Å²) in [6, 6.07) is -0.115. The quantitative estimate of drug-likeness (QED) is 0.265. The lowest BCUT2D eigenvalue weighted by atomic mass is 10.1. The normalized spacial score (nSPS) is 22.9. The maximum Gasteiger partial charge on any atom is 0.336 e. The monoisotopic (exact) mass is 601 g/mol. The average Bonchev–Trinajstić information content (AvgIpc) is 3.16. The Morgan fingerprint density at radius 2 is 1.45 bits per heavy atom. The van der Waals surface area contributed by atoms with E-state index >= 15 is 4.39 Å². The lowest BCUT2D eigenvalue weighted by molar-refractivity contribution is -0.226. The fourth-order valence-electron chi connectivity index (χ4n) is 3.54. The number of carbonyl (C=O) groups excluding carboxylic acids is 4. The van der Waals surface area contributed by atoms with Crippen LogP contribution in [0.15, 0.2) is 21.9 Å². The molecule has 1 aromatic rings. The van der Waals surface area contributed by atoms with E-state index in [-0.39, 0.29) is 5.92 Å². The largest absolute Gasteiger partial charge is 0.459 e. The molecule has 236 valence electrons. The predicted molar refractivity (Wildman–Crippen MR) is 143 cm³/mol. The number of hydrogen-bond acceptors (Lipinski definition) is 12. The molecule has 1 fully saturated rings. The molecule has 2 heterocycles. The SMILES string of the molecule is CC(C)C(=O)OC[C@@]1(F)O[C@@H](n2ccc(=O)n(COC(=O)[C@@H](N)C(C)C)c2=O)[C@H](OC(=O)C(C)C)[C@@H]1OC(=O)C(C)C. The van der Waals surface area contributed by atoms with Gasteiger partial charge in [0.25, 0.3) is 11.4 Å². The first-order chi connectivity index (χ1) is 19.4. The fourth-order valence-corrected chi connectivity index (χ4v) is 3.54. The van der Waals surface area contributed by atoms with Gasteiger partial charge in [0.1, 0.15) is 6.04 Å². The number of halogens is 1. The number of rotatable bonds is 12. The number of esters is 4. The van der Waals surface area contributed by atoms with Crippen molar-refractivity contribution in [2.45, 2.75) is 92.5 Å². The molecule has 2 rings (SSSR count). The number of hydrogen-bond donors (Lipinski definition) is 1. The Balaban J connectivity index is 2.61. The smallest absolute Gasteiger partial charge is 0.336 e. The molecule has 14 nitrogen and oxygen atoms in total. The lowest BCUT2D eigenvalue weighted by Gasteiger charge is -2.28. The molecule has 0 unspecified atom stereocenters. The van der Waals surface area contributed by atoms with Gasteiger partial charge in [0.15, 0.2) is 25.7 Å². The van der Waals surface area contributed by atoms with Crippen LogP contribution < -0.4 is 17.0 Å². The Morgan fingerprint density at radius 3 is 1.98 bits per heavy atom. The van der Waals surface area contributed by atoms with Gasteiger partial charge in [-0.25, -0.2) is 13.8 Å². The summed E-state index contributed by atoms with van der Waals surface area (Å²) in [6.07, 6.45) is -4.62. The molecule has 0 aliphatic carbocycles. The summed E-state index contributed by atoms with van der Waals surface area (Å²) in [7, 11) is 0. The van der Waals surface area contributed by atoms with Crippen LogP contribution in [0.25, 0.3) is 0 Å². The Hall–Kier alpha value is -3.59. The van der Waals surface area contributed by atoms with E-state index in [1.807, 2.05) is 0 Å². The number of aromatic nitrogens is 2. The second kappa shape index (κ2) is 14.1. The van der Waals surface area contributed by atoms with Crippen molar-refractivity contribution in [2.75, 3.05) is 6.61 Å². The summed E-state index contributed by atoms with van der Waals surface area (Å²) >= 11 is 0. The number of alkyl halides is 1. The van der Waals surface area contributed by atoms with Crippen LogP contribution in [0, 0.1) is 23.7 Å². The Kier molecular flexibility index (Phi) is 11.6. The van der Waals surface area contributed by atoms with Gasteiger partial charge in [0, 0.05) is 12.3 Å². The van der Waals surface area contributed by atoms with Crippen LogP contribution in [0.4, 0.5) is 4.39 Å². The van der Waals surface area contributed by atoms with Crippen LogP contribution in [-0.4, -0.2) is 63.7 Å². The van der Waals surface area contributed by atoms with E-state index in [2.05, 4.69) is 0 Å². The second-order valence-corrected chi connectivity index (χ2v) is 11.3. The third-order valence-electron chi connectivity index (χ3n) is 6.34. The molecule has 2 N–H and O–H groups in total. The van der Waals surface area contributed by atoms with Gasteiger partial charge in [-0.1, -0.05) is 55.4 Å². The summed E-state index contributed by atoms with van der Waals surface area (Å²) in [6.45, 7) is 10.4. The Morgan fingerprint density at radius 1 is 0.905 bits per heavy atom. The third kappa shape index (κ3) is 8.03. The van der Waals surface area contributed by atoms with E-state index in [0.29, 0.717) is 4.57 Å². The molecular formula is C27H40FN3O11. The first kappa shape index (κ1) is 34.6. The maximum atomic E-state index is 16.6. The van der Waals surface area contributed by atoms with Crippen LogP contribution in [-0.2, 0) is 49.6 Å². The van der Waals surface area contributed by atoms with Crippen molar-refractivity contribution in [1.29, 1.82) is 0 Å². The van der Waals surface area contributed by atoms with Gasteiger partial charge < -0.3 is 29.4 Å². The van der Waals surface area contributed by atoms with Crippen molar-refractivity contribution in [2.24, 2.45) is 29.4 Å². The highest BCUT2D eigenvalue weighted by molar-refractivity contribution is 5.75. The molecule has 0 aromatic carbocycles. The van der Waals surface area contributed by atoms with Gasteiger partial charge in [-0.2, -0.15) is 0 Å². The predicted octanol–water partition coefficient (Wildman–Crippen LogP) is 1.02. The molecule has 1 aliphatic rings. The lowest BCUT2D eigenvalue weighted by Crippen LogP contribution is -2.49. The Labute approximate surface area is 242 Å². The molecule has 5 atom stereocenters. The molecule has 0 saturated carbocycles. The molecule has 0 radical (unpaired) electrons. The van der Waals surface area contributed by atoms with Gasteiger partial charge in [-0.05, 0) is 5.92 Å². The van der Waals surface area contributed by atoms with E-state index in [1.54, 1.807) is 13.8 Å². The summed E-state index contributed by atoms with van der Waals surface area (Å²) in [4.78, 5) is 75.6. The van der Waals surface area contributed by atoms with E-state index < -0.39 is 96.6 Å². The van der Waals surface area contributed by atoms with E-state index in [1.165, 1.54) is 41.5 Å². The molecule has 1 aromatic heterocycles. The fraction of sp³-hybridized carbons (Fsp3) is 0.704. The highest BCUT2D eigenvalue weighted by atomic mass is 19.2. The summed E-state index contributed by atoms with van der Waals surface area (Å²) < 4.78 is 44.3. The number of nitrogens with two attached hydrogens (primary N) is 1. The van der Waals surface area contributed by atoms with Gasteiger partial charge in [0.2, 0.25) is 6.10 Å². The summed E-state index contributed by atoms with van der Waals surface area (Å²) in [5.74, 6) is -8.90. The van der Waals surface area contributed by atoms with Gasteiger partial charge >= 0.3 is 29.6 Å². The molecular weight excluding hydrogens is 561 g/mol. The van der Waals surface area contributed by atoms with Crippen molar-refractivity contribution < 1.29 is 47.3 Å². The molecule has 15 heteroatoms. The number of ether oxygens (including phenoxy) is 5. The minimum Gasteiger partial charge on any atom is -0.459 e.